The zero-order valence-electron chi connectivity index (χ0n) is 11.3. The van der Waals surface area contributed by atoms with Gasteiger partial charge in [0.25, 0.3) is 0 Å². The summed E-state index contributed by atoms with van der Waals surface area (Å²) >= 11 is 0. The van der Waals surface area contributed by atoms with Gasteiger partial charge in [-0.15, -0.1) is 0 Å². The predicted molar refractivity (Wildman–Crippen MR) is 73.8 cm³/mol. The van der Waals surface area contributed by atoms with Crippen LogP contribution in [0.25, 0.3) is 0 Å². The monoisotopic (exact) mass is 257 g/mol. The van der Waals surface area contributed by atoms with Crippen LogP contribution in [0.1, 0.15) is 31.9 Å². The molecule has 19 heavy (non-hydrogen) atoms. The predicted octanol–water partition coefficient (Wildman–Crippen LogP) is 2.85. The lowest BCUT2D eigenvalue weighted by Crippen LogP contribution is -2.50. The van der Waals surface area contributed by atoms with E-state index in [4.69, 9.17) is 0 Å². The summed E-state index contributed by atoms with van der Waals surface area (Å²) in [4.78, 5) is 13.8. The molecular weight excluding hydrogens is 238 g/mol. The second kappa shape index (κ2) is 4.20. The van der Waals surface area contributed by atoms with Gasteiger partial charge in [0, 0.05) is 17.5 Å². The van der Waals surface area contributed by atoms with Gasteiger partial charge in [0.05, 0.1) is 0 Å². The molecule has 1 N–H and O–H groups in total. The molecule has 0 amide bonds. The van der Waals surface area contributed by atoms with Crippen LogP contribution in [0.15, 0.2) is 42.5 Å². The summed E-state index contributed by atoms with van der Waals surface area (Å²) < 4.78 is 0. The van der Waals surface area contributed by atoms with Gasteiger partial charge in [0.1, 0.15) is 6.04 Å². The van der Waals surface area contributed by atoms with Gasteiger partial charge in [-0.1, -0.05) is 42.5 Å². The Hall–Kier alpha value is -1.61. The molecule has 1 heterocycles. The van der Waals surface area contributed by atoms with Crippen LogP contribution >= 0.6 is 0 Å². The van der Waals surface area contributed by atoms with Gasteiger partial charge in [-0.3, -0.25) is 9.69 Å². The van der Waals surface area contributed by atoms with E-state index in [2.05, 4.69) is 43.0 Å². The molecule has 1 saturated heterocycles. The highest BCUT2D eigenvalue weighted by Crippen LogP contribution is 2.49. The van der Waals surface area contributed by atoms with Gasteiger partial charge in [-0.25, -0.2) is 0 Å². The van der Waals surface area contributed by atoms with E-state index < -0.39 is 12.0 Å². The van der Waals surface area contributed by atoms with E-state index in [1.54, 1.807) is 0 Å². The number of fused-ring (bicyclic) bond motifs is 2. The molecule has 3 nitrogen and oxygen atoms in total. The molecule has 0 aromatic heterocycles. The van der Waals surface area contributed by atoms with Gasteiger partial charge in [-0.2, -0.15) is 0 Å². The van der Waals surface area contributed by atoms with Crippen molar-refractivity contribution in [2.75, 3.05) is 0 Å². The maximum Gasteiger partial charge on any atom is 0.321 e. The average molecular weight is 257 g/mol. The molecule has 0 saturated carbocycles. The fourth-order valence-corrected chi connectivity index (χ4v) is 3.75. The van der Waals surface area contributed by atoms with E-state index in [0.29, 0.717) is 0 Å². The van der Waals surface area contributed by atoms with Gasteiger partial charge < -0.3 is 5.11 Å². The van der Waals surface area contributed by atoms with E-state index in [9.17, 15) is 9.90 Å². The molecule has 4 unspecified atom stereocenters. The molecule has 1 aromatic rings. The number of hydrogen-bond acceptors (Lipinski definition) is 2. The normalized spacial score (nSPS) is 34.6. The summed E-state index contributed by atoms with van der Waals surface area (Å²) in [5.74, 6) is -0.561. The Labute approximate surface area is 113 Å². The SMILES string of the molecule is CC(c1ccccc1)N1C(C(=O)O)C2C=CC1(C)C2. The fourth-order valence-electron chi connectivity index (χ4n) is 3.75. The van der Waals surface area contributed by atoms with Crippen molar-refractivity contribution in [3.8, 4) is 0 Å². The minimum atomic E-state index is -0.708. The summed E-state index contributed by atoms with van der Waals surface area (Å²) in [5.41, 5.74) is 1.05. The molecule has 0 spiro atoms. The number of nitrogens with zero attached hydrogens (tertiary/aromatic N) is 1. The van der Waals surface area contributed by atoms with Crippen LogP contribution in [-0.4, -0.2) is 27.6 Å². The zero-order chi connectivity index (χ0) is 13.6. The second-order valence-electron chi connectivity index (χ2n) is 5.86. The quantitative estimate of drug-likeness (QED) is 0.846. The number of rotatable bonds is 3. The summed E-state index contributed by atoms with van der Waals surface area (Å²) in [6, 6.07) is 9.86. The third kappa shape index (κ3) is 1.80. The molecule has 1 aliphatic carbocycles. The van der Waals surface area contributed by atoms with Crippen molar-refractivity contribution < 1.29 is 9.90 Å². The van der Waals surface area contributed by atoms with Crippen LogP contribution in [-0.2, 0) is 4.79 Å². The molecule has 1 aliphatic heterocycles. The topological polar surface area (TPSA) is 40.5 Å². The minimum Gasteiger partial charge on any atom is -0.480 e. The van der Waals surface area contributed by atoms with Crippen LogP contribution < -0.4 is 0 Å². The molecule has 100 valence electrons. The van der Waals surface area contributed by atoms with Crippen molar-refractivity contribution in [1.29, 1.82) is 0 Å². The second-order valence-corrected chi connectivity index (χ2v) is 5.86. The molecule has 0 radical (unpaired) electrons. The molecule has 1 aromatic carbocycles. The Morgan fingerprint density at radius 2 is 2.11 bits per heavy atom. The van der Waals surface area contributed by atoms with Crippen LogP contribution in [0.3, 0.4) is 0 Å². The number of carboxylic acids is 1. The lowest BCUT2D eigenvalue weighted by atomic mass is 9.96. The van der Waals surface area contributed by atoms with Crippen LogP contribution in [0, 0.1) is 5.92 Å². The first-order chi connectivity index (χ1) is 9.03. The highest BCUT2D eigenvalue weighted by atomic mass is 16.4. The molecular formula is C16H19NO2. The van der Waals surface area contributed by atoms with Gasteiger partial charge in [0.2, 0.25) is 0 Å². The van der Waals surface area contributed by atoms with Crippen molar-refractivity contribution in [1.82, 2.24) is 4.90 Å². The number of carboxylic acid groups (broad SMARTS) is 1. The van der Waals surface area contributed by atoms with Crippen LogP contribution in [0.4, 0.5) is 0 Å². The van der Waals surface area contributed by atoms with E-state index in [1.165, 1.54) is 5.56 Å². The summed E-state index contributed by atoms with van der Waals surface area (Å²) in [5, 5.41) is 9.54. The highest BCUT2D eigenvalue weighted by molar-refractivity contribution is 5.76. The van der Waals surface area contributed by atoms with Crippen molar-refractivity contribution in [2.24, 2.45) is 5.92 Å². The van der Waals surface area contributed by atoms with Gasteiger partial charge in [0.15, 0.2) is 0 Å². The number of hydrogen-bond donors (Lipinski definition) is 1. The Balaban J connectivity index is 1.98. The lowest BCUT2D eigenvalue weighted by molar-refractivity contribution is -0.145. The maximum atomic E-state index is 11.6. The van der Waals surface area contributed by atoms with Crippen molar-refractivity contribution in [2.45, 2.75) is 37.9 Å². The zero-order valence-corrected chi connectivity index (χ0v) is 11.3. The van der Waals surface area contributed by atoms with E-state index >= 15 is 0 Å². The molecule has 1 fully saturated rings. The van der Waals surface area contributed by atoms with Crippen molar-refractivity contribution in [3.63, 3.8) is 0 Å². The molecule has 2 aliphatic rings. The van der Waals surface area contributed by atoms with E-state index in [0.717, 1.165) is 6.42 Å². The highest BCUT2D eigenvalue weighted by Gasteiger charge is 2.54. The Morgan fingerprint density at radius 1 is 1.42 bits per heavy atom. The Morgan fingerprint density at radius 3 is 2.74 bits per heavy atom. The third-order valence-electron chi connectivity index (χ3n) is 4.60. The van der Waals surface area contributed by atoms with E-state index in [1.807, 2.05) is 18.2 Å². The van der Waals surface area contributed by atoms with Crippen molar-refractivity contribution >= 4 is 5.97 Å². The first-order valence-electron chi connectivity index (χ1n) is 6.78. The number of benzene rings is 1. The van der Waals surface area contributed by atoms with Gasteiger partial charge in [-0.05, 0) is 25.8 Å². The largest absolute Gasteiger partial charge is 0.480 e. The molecule has 3 rings (SSSR count). The van der Waals surface area contributed by atoms with E-state index in [-0.39, 0.29) is 17.5 Å². The summed E-state index contributed by atoms with van der Waals surface area (Å²) in [7, 11) is 0. The van der Waals surface area contributed by atoms with Crippen molar-refractivity contribution in [3.05, 3.63) is 48.0 Å². The number of carbonyl (C=O) groups is 1. The molecule has 3 heteroatoms. The number of likely N-dealkylation sites (tertiary alicyclic amines) is 1. The first-order valence-corrected chi connectivity index (χ1v) is 6.78. The first kappa shape index (κ1) is 12.4. The fraction of sp³-hybridized carbons (Fsp3) is 0.438. The summed E-state index contributed by atoms with van der Waals surface area (Å²) in [6.45, 7) is 4.25. The third-order valence-corrected chi connectivity index (χ3v) is 4.60. The minimum absolute atomic E-state index is 0.113. The maximum absolute atomic E-state index is 11.6. The standard InChI is InChI=1S/C16H19NO2/c1-11(12-6-4-3-5-7-12)17-14(15(18)19)13-8-9-16(17,2)10-13/h3-9,11,13-14H,10H2,1-2H3,(H,18,19). The van der Waals surface area contributed by atoms with Crippen LogP contribution in [0.5, 0.6) is 0 Å². The average Bonchev–Trinajstić information content (AvgIpc) is 2.91. The smallest absolute Gasteiger partial charge is 0.321 e. The van der Waals surface area contributed by atoms with Gasteiger partial charge >= 0.3 is 5.97 Å². The Bertz CT molecular complexity index is 525. The number of aliphatic carboxylic acids is 1. The lowest BCUT2D eigenvalue weighted by Gasteiger charge is -2.41. The van der Waals surface area contributed by atoms with Crippen LogP contribution in [0.2, 0.25) is 0 Å². The molecule has 2 bridgehead atoms. The summed E-state index contributed by atoms with van der Waals surface area (Å²) in [6.07, 6.45) is 5.17. The molecule has 4 atom stereocenters. The Kier molecular flexibility index (Phi) is 2.75.